The highest BCUT2D eigenvalue weighted by atomic mass is 16.5. The van der Waals surface area contributed by atoms with E-state index in [0.29, 0.717) is 12.5 Å². The van der Waals surface area contributed by atoms with Crippen LogP contribution in [0.25, 0.3) is 0 Å². The van der Waals surface area contributed by atoms with E-state index in [1.165, 1.54) is 6.42 Å². The minimum Gasteiger partial charge on any atom is -0.465 e. The van der Waals surface area contributed by atoms with Crippen LogP contribution in [0.4, 0.5) is 0 Å². The molecule has 0 aromatic carbocycles. The van der Waals surface area contributed by atoms with Crippen molar-refractivity contribution in [1.29, 1.82) is 0 Å². The SMILES string of the molecule is CCCCCOC(=O)C(CC)CC(C)C. The van der Waals surface area contributed by atoms with Crippen molar-refractivity contribution in [3.8, 4) is 0 Å². The van der Waals surface area contributed by atoms with Crippen LogP contribution in [0, 0.1) is 11.8 Å². The molecule has 0 aliphatic heterocycles. The highest BCUT2D eigenvalue weighted by molar-refractivity contribution is 5.72. The molecule has 0 fully saturated rings. The predicted octanol–water partition coefficient (Wildman–Crippen LogP) is 3.79. The van der Waals surface area contributed by atoms with Gasteiger partial charge in [0, 0.05) is 0 Å². The first kappa shape index (κ1) is 14.5. The highest BCUT2D eigenvalue weighted by Crippen LogP contribution is 2.16. The Morgan fingerprint density at radius 3 is 2.33 bits per heavy atom. The molecule has 0 aromatic heterocycles. The maximum Gasteiger partial charge on any atom is 0.308 e. The number of hydrogen-bond donors (Lipinski definition) is 0. The van der Waals surface area contributed by atoms with E-state index in [1.807, 2.05) is 0 Å². The minimum atomic E-state index is 0.00213. The van der Waals surface area contributed by atoms with Gasteiger partial charge in [-0.05, 0) is 25.2 Å². The van der Waals surface area contributed by atoms with Crippen molar-refractivity contribution in [2.75, 3.05) is 6.61 Å². The Kier molecular flexibility index (Phi) is 8.44. The molecule has 0 saturated heterocycles. The molecular formula is C13H26O2. The molecule has 0 aromatic rings. The van der Waals surface area contributed by atoms with E-state index in [1.54, 1.807) is 0 Å². The fraction of sp³-hybridized carbons (Fsp3) is 0.923. The van der Waals surface area contributed by atoms with Crippen molar-refractivity contribution in [2.45, 2.75) is 59.8 Å². The van der Waals surface area contributed by atoms with E-state index in [9.17, 15) is 4.79 Å². The molecular weight excluding hydrogens is 188 g/mol. The van der Waals surface area contributed by atoms with Crippen LogP contribution in [-0.4, -0.2) is 12.6 Å². The third kappa shape index (κ3) is 7.40. The Labute approximate surface area is 94.4 Å². The van der Waals surface area contributed by atoms with Crippen LogP contribution in [-0.2, 0) is 9.53 Å². The smallest absolute Gasteiger partial charge is 0.308 e. The largest absolute Gasteiger partial charge is 0.465 e. The van der Waals surface area contributed by atoms with Gasteiger partial charge in [0.25, 0.3) is 0 Å². The third-order valence-corrected chi connectivity index (χ3v) is 2.57. The van der Waals surface area contributed by atoms with E-state index in [4.69, 9.17) is 4.74 Å². The zero-order chi connectivity index (χ0) is 11.7. The summed E-state index contributed by atoms with van der Waals surface area (Å²) >= 11 is 0. The van der Waals surface area contributed by atoms with Gasteiger partial charge in [-0.1, -0.05) is 40.5 Å². The summed E-state index contributed by atoms with van der Waals surface area (Å²) in [6.07, 6.45) is 5.16. The molecule has 90 valence electrons. The van der Waals surface area contributed by atoms with Crippen LogP contribution in [0.5, 0.6) is 0 Å². The van der Waals surface area contributed by atoms with Crippen LogP contribution < -0.4 is 0 Å². The molecule has 0 radical (unpaired) electrons. The van der Waals surface area contributed by atoms with Crippen molar-refractivity contribution < 1.29 is 9.53 Å². The van der Waals surface area contributed by atoms with E-state index in [2.05, 4.69) is 27.7 Å². The summed E-state index contributed by atoms with van der Waals surface area (Å²) in [6.45, 7) is 9.09. The first-order chi connectivity index (χ1) is 7.11. The van der Waals surface area contributed by atoms with Gasteiger partial charge in [0.1, 0.15) is 0 Å². The van der Waals surface area contributed by atoms with Crippen molar-refractivity contribution in [3.05, 3.63) is 0 Å². The summed E-state index contributed by atoms with van der Waals surface area (Å²) in [4.78, 5) is 11.7. The van der Waals surface area contributed by atoms with Crippen molar-refractivity contribution in [1.82, 2.24) is 0 Å². The number of unbranched alkanes of at least 4 members (excludes halogenated alkanes) is 2. The summed E-state index contributed by atoms with van der Waals surface area (Å²) in [5.41, 5.74) is 0. The molecule has 0 aliphatic carbocycles. The van der Waals surface area contributed by atoms with Crippen LogP contribution in [0.3, 0.4) is 0 Å². The maximum absolute atomic E-state index is 11.7. The standard InChI is InChI=1S/C13H26O2/c1-5-7-8-9-15-13(14)12(6-2)10-11(3)4/h11-12H,5-10H2,1-4H3. The lowest BCUT2D eigenvalue weighted by Crippen LogP contribution is -2.19. The Hall–Kier alpha value is -0.530. The fourth-order valence-electron chi connectivity index (χ4n) is 1.64. The lowest BCUT2D eigenvalue weighted by molar-refractivity contribution is -0.149. The maximum atomic E-state index is 11.7. The summed E-state index contributed by atoms with van der Waals surface area (Å²) in [5, 5.41) is 0. The van der Waals surface area contributed by atoms with Gasteiger partial charge in [-0.2, -0.15) is 0 Å². The number of hydrogen-bond acceptors (Lipinski definition) is 2. The van der Waals surface area contributed by atoms with Gasteiger partial charge < -0.3 is 4.74 Å². The molecule has 0 amide bonds. The van der Waals surface area contributed by atoms with Crippen LogP contribution in [0.1, 0.15) is 59.8 Å². The average molecular weight is 214 g/mol. The van der Waals surface area contributed by atoms with Crippen molar-refractivity contribution >= 4 is 5.97 Å². The lowest BCUT2D eigenvalue weighted by atomic mass is 9.95. The second kappa shape index (κ2) is 8.75. The number of esters is 1. The Morgan fingerprint density at radius 2 is 1.87 bits per heavy atom. The molecule has 0 rings (SSSR count). The van der Waals surface area contributed by atoms with Gasteiger partial charge in [-0.25, -0.2) is 0 Å². The predicted molar refractivity (Wildman–Crippen MR) is 63.7 cm³/mol. The third-order valence-electron chi connectivity index (χ3n) is 2.57. The summed E-state index contributed by atoms with van der Waals surface area (Å²) in [7, 11) is 0. The van der Waals surface area contributed by atoms with Crippen molar-refractivity contribution in [3.63, 3.8) is 0 Å². The van der Waals surface area contributed by atoms with E-state index >= 15 is 0 Å². The van der Waals surface area contributed by atoms with E-state index < -0.39 is 0 Å². The number of carbonyl (C=O) groups excluding carboxylic acids is 1. The van der Waals surface area contributed by atoms with Gasteiger partial charge in [0.05, 0.1) is 12.5 Å². The second-order valence-corrected chi connectivity index (χ2v) is 4.61. The topological polar surface area (TPSA) is 26.3 Å². The van der Waals surface area contributed by atoms with Crippen molar-refractivity contribution in [2.24, 2.45) is 11.8 Å². The lowest BCUT2D eigenvalue weighted by Gasteiger charge is -2.15. The molecule has 0 heterocycles. The number of carbonyl (C=O) groups is 1. The zero-order valence-corrected chi connectivity index (χ0v) is 10.7. The summed E-state index contributed by atoms with van der Waals surface area (Å²) in [6, 6.07) is 0. The zero-order valence-electron chi connectivity index (χ0n) is 10.7. The summed E-state index contributed by atoms with van der Waals surface area (Å²) < 4.78 is 5.26. The Balaban J connectivity index is 3.73. The summed E-state index contributed by atoms with van der Waals surface area (Å²) in [5.74, 6) is 0.673. The van der Waals surface area contributed by atoms with Gasteiger partial charge in [0.15, 0.2) is 0 Å². The number of rotatable bonds is 8. The van der Waals surface area contributed by atoms with Gasteiger partial charge in [-0.15, -0.1) is 0 Å². The first-order valence-electron chi connectivity index (χ1n) is 6.28. The number of ether oxygens (including phenoxy) is 1. The Morgan fingerprint density at radius 1 is 1.20 bits per heavy atom. The Bertz CT molecular complexity index is 164. The molecule has 0 N–H and O–H groups in total. The van der Waals surface area contributed by atoms with E-state index in [0.717, 1.165) is 25.7 Å². The molecule has 1 unspecified atom stereocenters. The van der Waals surface area contributed by atoms with Gasteiger partial charge in [0.2, 0.25) is 0 Å². The molecule has 15 heavy (non-hydrogen) atoms. The van der Waals surface area contributed by atoms with Crippen LogP contribution in [0.2, 0.25) is 0 Å². The highest BCUT2D eigenvalue weighted by Gasteiger charge is 2.18. The molecule has 2 heteroatoms. The monoisotopic (exact) mass is 214 g/mol. The van der Waals surface area contributed by atoms with Gasteiger partial charge in [-0.3, -0.25) is 4.79 Å². The second-order valence-electron chi connectivity index (χ2n) is 4.61. The quantitative estimate of drug-likeness (QED) is 0.454. The van der Waals surface area contributed by atoms with Crippen LogP contribution in [0.15, 0.2) is 0 Å². The molecule has 0 aliphatic rings. The van der Waals surface area contributed by atoms with Crippen LogP contribution >= 0.6 is 0 Å². The molecule has 1 atom stereocenters. The minimum absolute atomic E-state index is 0.00213. The molecule has 0 spiro atoms. The molecule has 0 bridgehead atoms. The first-order valence-corrected chi connectivity index (χ1v) is 6.28. The van der Waals surface area contributed by atoms with E-state index in [-0.39, 0.29) is 11.9 Å². The van der Waals surface area contributed by atoms with Gasteiger partial charge >= 0.3 is 5.97 Å². The average Bonchev–Trinajstić information content (AvgIpc) is 2.20. The molecule has 0 saturated carbocycles. The normalized spacial score (nSPS) is 12.9. The molecule has 2 nitrogen and oxygen atoms in total. The fourth-order valence-corrected chi connectivity index (χ4v) is 1.64.